The van der Waals surface area contributed by atoms with E-state index in [2.05, 4.69) is 15.1 Å². The Hall–Kier alpha value is -0.750. The first-order valence-electron chi connectivity index (χ1n) is 6.14. The summed E-state index contributed by atoms with van der Waals surface area (Å²) >= 11 is 13.5. The van der Waals surface area contributed by atoms with Crippen LogP contribution in [0.3, 0.4) is 0 Å². The number of halogens is 2. The highest BCUT2D eigenvalue weighted by Gasteiger charge is 2.20. The SMILES string of the molecule is NC1CCCN(c2cc(-c3cc(Cl)sc3Cl)[nH]n2)C1. The average Bonchev–Trinajstić information content (AvgIpc) is 2.96. The Kier molecular flexibility index (Phi) is 3.71. The number of aromatic nitrogens is 2. The van der Waals surface area contributed by atoms with Crippen LogP contribution in [0.5, 0.6) is 0 Å². The quantitative estimate of drug-likeness (QED) is 0.893. The average molecular weight is 317 g/mol. The van der Waals surface area contributed by atoms with Gasteiger partial charge in [0, 0.05) is 30.8 Å². The van der Waals surface area contributed by atoms with Crippen molar-refractivity contribution in [3.63, 3.8) is 0 Å². The Morgan fingerprint density at radius 1 is 1.42 bits per heavy atom. The molecule has 0 aromatic carbocycles. The smallest absolute Gasteiger partial charge is 0.151 e. The van der Waals surface area contributed by atoms with Crippen LogP contribution in [0.4, 0.5) is 5.82 Å². The topological polar surface area (TPSA) is 57.9 Å². The number of hydrogen-bond acceptors (Lipinski definition) is 4. The Morgan fingerprint density at radius 2 is 2.26 bits per heavy atom. The van der Waals surface area contributed by atoms with Crippen LogP contribution >= 0.6 is 34.5 Å². The van der Waals surface area contributed by atoms with E-state index in [9.17, 15) is 0 Å². The van der Waals surface area contributed by atoms with E-state index in [1.54, 1.807) is 0 Å². The van der Waals surface area contributed by atoms with Crippen molar-refractivity contribution >= 4 is 40.4 Å². The molecule has 0 amide bonds. The van der Waals surface area contributed by atoms with Gasteiger partial charge < -0.3 is 10.6 Å². The van der Waals surface area contributed by atoms with Gasteiger partial charge in [-0.15, -0.1) is 11.3 Å². The Morgan fingerprint density at radius 3 is 2.95 bits per heavy atom. The highest BCUT2D eigenvalue weighted by molar-refractivity contribution is 7.20. The number of hydrogen-bond donors (Lipinski definition) is 2. The molecule has 1 atom stereocenters. The third kappa shape index (κ3) is 2.74. The molecular weight excluding hydrogens is 303 g/mol. The fourth-order valence-corrected chi connectivity index (χ4v) is 3.84. The first-order chi connectivity index (χ1) is 9.13. The van der Waals surface area contributed by atoms with Gasteiger partial charge in [-0.2, -0.15) is 5.10 Å². The summed E-state index contributed by atoms with van der Waals surface area (Å²) in [6, 6.07) is 4.09. The van der Waals surface area contributed by atoms with Gasteiger partial charge in [-0.3, -0.25) is 5.10 Å². The van der Waals surface area contributed by atoms with Gasteiger partial charge in [0.1, 0.15) is 4.34 Å². The summed E-state index contributed by atoms with van der Waals surface area (Å²) in [7, 11) is 0. The maximum atomic E-state index is 6.15. The first-order valence-corrected chi connectivity index (χ1v) is 7.72. The summed E-state index contributed by atoms with van der Waals surface area (Å²) in [5.41, 5.74) is 7.78. The molecular formula is C12H14Cl2N4S. The number of nitrogens with one attached hydrogen (secondary N) is 1. The minimum atomic E-state index is 0.230. The molecule has 3 N–H and O–H groups in total. The molecule has 4 nitrogen and oxygen atoms in total. The summed E-state index contributed by atoms with van der Waals surface area (Å²) in [4.78, 5) is 2.20. The van der Waals surface area contributed by atoms with Crippen LogP contribution in [0.15, 0.2) is 12.1 Å². The number of H-pyrrole nitrogens is 1. The van der Waals surface area contributed by atoms with Crippen molar-refractivity contribution in [3.05, 3.63) is 20.8 Å². The van der Waals surface area contributed by atoms with E-state index in [-0.39, 0.29) is 6.04 Å². The van der Waals surface area contributed by atoms with Crippen molar-refractivity contribution in [2.45, 2.75) is 18.9 Å². The van der Waals surface area contributed by atoms with Crippen molar-refractivity contribution in [2.24, 2.45) is 5.73 Å². The van der Waals surface area contributed by atoms with Crippen molar-refractivity contribution in [3.8, 4) is 11.3 Å². The lowest BCUT2D eigenvalue weighted by Crippen LogP contribution is -2.43. The zero-order valence-electron chi connectivity index (χ0n) is 10.2. The minimum Gasteiger partial charge on any atom is -0.354 e. The Labute approximate surface area is 125 Å². The van der Waals surface area contributed by atoms with E-state index in [0.29, 0.717) is 8.67 Å². The molecule has 19 heavy (non-hydrogen) atoms. The first kappa shape index (κ1) is 13.2. The van der Waals surface area contributed by atoms with Gasteiger partial charge in [0.15, 0.2) is 5.82 Å². The second-order valence-corrected chi connectivity index (χ2v) is 7.01. The highest BCUT2D eigenvalue weighted by Crippen LogP contribution is 2.38. The second kappa shape index (κ2) is 5.32. The summed E-state index contributed by atoms with van der Waals surface area (Å²) in [6.45, 7) is 1.85. The molecule has 1 saturated heterocycles. The van der Waals surface area contributed by atoms with E-state index >= 15 is 0 Å². The monoisotopic (exact) mass is 316 g/mol. The lowest BCUT2D eigenvalue weighted by molar-refractivity contribution is 0.503. The number of aromatic amines is 1. The van der Waals surface area contributed by atoms with Gasteiger partial charge in [0.2, 0.25) is 0 Å². The van der Waals surface area contributed by atoms with Gasteiger partial charge in [0.05, 0.1) is 10.0 Å². The maximum absolute atomic E-state index is 6.15. The molecule has 0 bridgehead atoms. The molecule has 2 aromatic rings. The van der Waals surface area contributed by atoms with E-state index < -0.39 is 0 Å². The summed E-state index contributed by atoms with van der Waals surface area (Å²) in [6.07, 6.45) is 2.19. The number of nitrogens with zero attached hydrogens (tertiary/aromatic N) is 2. The maximum Gasteiger partial charge on any atom is 0.151 e. The zero-order valence-corrected chi connectivity index (χ0v) is 12.5. The second-order valence-electron chi connectivity index (χ2n) is 4.73. The van der Waals surface area contributed by atoms with Gasteiger partial charge in [0.25, 0.3) is 0 Å². The third-order valence-electron chi connectivity index (χ3n) is 3.29. The van der Waals surface area contributed by atoms with Crippen molar-refractivity contribution in [1.82, 2.24) is 10.2 Å². The molecule has 0 radical (unpaired) electrons. The summed E-state index contributed by atoms with van der Waals surface area (Å²) < 4.78 is 1.35. The van der Waals surface area contributed by atoms with Gasteiger partial charge >= 0.3 is 0 Å². The van der Waals surface area contributed by atoms with E-state index in [4.69, 9.17) is 28.9 Å². The summed E-state index contributed by atoms with van der Waals surface area (Å²) in [5.74, 6) is 0.920. The van der Waals surface area contributed by atoms with Crippen molar-refractivity contribution in [2.75, 3.05) is 18.0 Å². The van der Waals surface area contributed by atoms with Gasteiger partial charge in [-0.25, -0.2) is 0 Å². The molecule has 1 unspecified atom stereocenters. The van der Waals surface area contributed by atoms with Crippen LogP contribution in [-0.4, -0.2) is 29.3 Å². The van der Waals surface area contributed by atoms with E-state index in [1.165, 1.54) is 11.3 Å². The number of thiophene rings is 1. The van der Waals surface area contributed by atoms with Crippen LogP contribution < -0.4 is 10.6 Å². The molecule has 2 aromatic heterocycles. The van der Waals surface area contributed by atoms with Crippen LogP contribution in [0.25, 0.3) is 11.3 Å². The normalized spacial score (nSPS) is 19.9. The third-order valence-corrected chi connectivity index (χ3v) is 4.78. The van der Waals surface area contributed by atoms with Gasteiger partial charge in [-0.1, -0.05) is 23.2 Å². The number of nitrogens with two attached hydrogens (primary N) is 1. The molecule has 102 valence electrons. The lowest BCUT2D eigenvalue weighted by atomic mass is 10.1. The number of piperidine rings is 1. The predicted molar refractivity (Wildman–Crippen MR) is 81.3 cm³/mol. The fourth-order valence-electron chi connectivity index (χ4n) is 2.35. The van der Waals surface area contributed by atoms with Crippen LogP contribution in [0.1, 0.15) is 12.8 Å². The number of rotatable bonds is 2. The fraction of sp³-hybridized carbons (Fsp3) is 0.417. The Bertz CT molecular complexity index is 580. The molecule has 0 saturated carbocycles. The van der Waals surface area contributed by atoms with Gasteiger partial charge in [-0.05, 0) is 18.9 Å². The molecule has 7 heteroatoms. The largest absolute Gasteiger partial charge is 0.354 e. The van der Waals surface area contributed by atoms with Crippen molar-refractivity contribution < 1.29 is 0 Å². The zero-order chi connectivity index (χ0) is 13.4. The van der Waals surface area contributed by atoms with Crippen LogP contribution in [0.2, 0.25) is 8.67 Å². The molecule has 0 spiro atoms. The molecule has 3 rings (SSSR count). The molecule has 3 heterocycles. The van der Waals surface area contributed by atoms with Crippen LogP contribution in [0, 0.1) is 0 Å². The van der Waals surface area contributed by atoms with Crippen LogP contribution in [-0.2, 0) is 0 Å². The van der Waals surface area contributed by atoms with E-state index in [0.717, 1.165) is 43.0 Å². The number of anilines is 1. The molecule has 1 aliphatic rings. The highest BCUT2D eigenvalue weighted by atomic mass is 35.5. The van der Waals surface area contributed by atoms with Crippen molar-refractivity contribution in [1.29, 1.82) is 0 Å². The lowest BCUT2D eigenvalue weighted by Gasteiger charge is -2.30. The minimum absolute atomic E-state index is 0.230. The molecule has 1 fully saturated rings. The standard InChI is InChI=1S/C12H14Cl2N4S/c13-10-4-8(12(14)19-10)9-5-11(17-16-9)18-3-1-2-7(15)6-18/h4-5,7H,1-3,6,15H2,(H,16,17). The molecule has 1 aliphatic heterocycles. The summed E-state index contributed by atoms with van der Waals surface area (Å²) in [5, 5.41) is 7.37. The Balaban J connectivity index is 1.85. The van der Waals surface area contributed by atoms with E-state index in [1.807, 2.05) is 12.1 Å². The predicted octanol–water partition coefficient (Wildman–Crippen LogP) is 3.37. The molecule has 0 aliphatic carbocycles.